The molecule has 0 fully saturated rings. The van der Waals surface area contributed by atoms with E-state index in [-0.39, 0.29) is 16.7 Å². The largest absolute Gasteiger partial charge is 0.489 e. The summed E-state index contributed by atoms with van der Waals surface area (Å²) in [6, 6.07) is 3.20. The van der Waals surface area contributed by atoms with Crippen molar-refractivity contribution in [3.63, 3.8) is 0 Å². The minimum atomic E-state index is -0.293. The Balaban J connectivity index is 2.31. The first-order valence-electron chi connectivity index (χ1n) is 8.22. The second-order valence-electron chi connectivity index (χ2n) is 6.26. The number of hydrogen-bond donors (Lipinski definition) is 0. The van der Waals surface area contributed by atoms with Crippen LogP contribution in [0.2, 0.25) is 10.0 Å². The summed E-state index contributed by atoms with van der Waals surface area (Å²) in [5, 5.41) is 4.54. The highest BCUT2D eigenvalue weighted by atomic mass is 35.5. The Bertz CT molecular complexity index is 618. The van der Waals surface area contributed by atoms with Crippen molar-refractivity contribution in [2.75, 3.05) is 26.4 Å². The molecule has 27 heavy (non-hydrogen) atoms. The third-order valence-electron chi connectivity index (χ3n) is 2.73. The van der Waals surface area contributed by atoms with Crippen LogP contribution < -0.4 is 9.47 Å². The molecule has 0 saturated carbocycles. The summed E-state index contributed by atoms with van der Waals surface area (Å²) in [7, 11) is 0. The number of halogens is 4. The van der Waals surface area contributed by atoms with E-state index in [4.69, 9.17) is 65.5 Å². The molecule has 152 valence electrons. The molecular formula is C18H23Cl4NO4. The Hall–Kier alpha value is -0.850. The van der Waals surface area contributed by atoms with Crippen molar-refractivity contribution in [3.05, 3.63) is 32.7 Å². The van der Waals surface area contributed by atoms with Gasteiger partial charge in [-0.05, 0) is 26.8 Å². The average molecular weight is 459 g/mol. The smallest absolute Gasteiger partial charge is 0.156 e. The molecule has 9 heteroatoms. The maximum absolute atomic E-state index is 6.18. The third kappa shape index (κ3) is 11.6. The molecule has 0 aliphatic carbocycles. The number of oxime groups is 1. The Labute approximate surface area is 180 Å². The summed E-state index contributed by atoms with van der Waals surface area (Å²) >= 11 is 23.4. The normalized spacial score (nSPS) is 11.5. The van der Waals surface area contributed by atoms with Gasteiger partial charge in [0.05, 0.1) is 23.3 Å². The van der Waals surface area contributed by atoms with Crippen molar-refractivity contribution in [1.29, 1.82) is 0 Å². The molecule has 0 aliphatic rings. The monoisotopic (exact) mass is 457 g/mol. The molecule has 0 radical (unpaired) electrons. The molecule has 0 atom stereocenters. The van der Waals surface area contributed by atoms with Crippen molar-refractivity contribution in [2.24, 2.45) is 5.16 Å². The van der Waals surface area contributed by atoms with Crippen LogP contribution in [0.3, 0.4) is 0 Å². The lowest BCUT2D eigenvalue weighted by Gasteiger charge is -2.14. The first-order chi connectivity index (χ1) is 12.7. The Morgan fingerprint density at radius 3 is 2.30 bits per heavy atom. The maximum atomic E-state index is 6.18. The zero-order chi connectivity index (χ0) is 20.3. The lowest BCUT2D eigenvalue weighted by Crippen LogP contribution is -2.15. The molecule has 0 heterocycles. The molecule has 0 unspecified atom stereocenters. The Morgan fingerprint density at radius 1 is 1.04 bits per heavy atom. The summed E-state index contributed by atoms with van der Waals surface area (Å²) in [5.41, 5.74) is -0.293. The average Bonchev–Trinajstić information content (AvgIpc) is 2.54. The fraction of sp³-hybridized carbons (Fsp3) is 0.500. The van der Waals surface area contributed by atoms with Crippen LogP contribution in [0.1, 0.15) is 27.2 Å². The zero-order valence-electron chi connectivity index (χ0n) is 15.4. The van der Waals surface area contributed by atoms with Crippen LogP contribution in [-0.2, 0) is 9.57 Å². The van der Waals surface area contributed by atoms with Gasteiger partial charge in [0.25, 0.3) is 0 Å². The second kappa shape index (κ2) is 12.6. The Kier molecular flexibility index (Phi) is 11.3. The quantitative estimate of drug-likeness (QED) is 0.222. The predicted octanol–water partition coefficient (Wildman–Crippen LogP) is 6.28. The van der Waals surface area contributed by atoms with Gasteiger partial charge in [-0.25, -0.2) is 0 Å². The molecule has 0 aliphatic heterocycles. The van der Waals surface area contributed by atoms with E-state index < -0.39 is 0 Å². The number of nitrogens with zero attached hydrogens (tertiary/aromatic N) is 1. The van der Waals surface area contributed by atoms with E-state index in [9.17, 15) is 0 Å². The SMILES string of the molecule is CC(C)(C)O/N=C/CCOCCOc1c(Cl)cc(OCC=C(Cl)Cl)cc1Cl. The molecular weight excluding hydrogens is 436 g/mol. The molecule has 0 amide bonds. The van der Waals surface area contributed by atoms with Gasteiger partial charge in [-0.15, -0.1) is 0 Å². The summed E-state index contributed by atoms with van der Waals surface area (Å²) in [6.45, 7) is 7.19. The lowest BCUT2D eigenvalue weighted by molar-refractivity contribution is 0.00124. The van der Waals surface area contributed by atoms with Crippen LogP contribution in [0.25, 0.3) is 0 Å². The highest BCUT2D eigenvalue weighted by Crippen LogP contribution is 2.37. The molecule has 1 rings (SSSR count). The van der Waals surface area contributed by atoms with Crippen LogP contribution in [0.4, 0.5) is 0 Å². The fourth-order valence-corrected chi connectivity index (χ4v) is 2.35. The molecule has 5 nitrogen and oxygen atoms in total. The number of hydrogen-bond acceptors (Lipinski definition) is 5. The molecule has 0 aromatic heterocycles. The minimum Gasteiger partial charge on any atom is -0.489 e. The van der Waals surface area contributed by atoms with Crippen molar-refractivity contribution < 1.29 is 19.0 Å². The van der Waals surface area contributed by atoms with Gasteiger partial charge in [0.2, 0.25) is 0 Å². The van der Waals surface area contributed by atoms with Crippen molar-refractivity contribution >= 4 is 52.6 Å². The summed E-state index contributed by atoms with van der Waals surface area (Å²) in [6.07, 6.45) is 3.82. The van der Waals surface area contributed by atoms with E-state index in [2.05, 4.69) is 5.16 Å². The van der Waals surface area contributed by atoms with E-state index in [1.807, 2.05) is 20.8 Å². The Morgan fingerprint density at radius 2 is 1.70 bits per heavy atom. The minimum absolute atomic E-state index is 0.125. The molecule has 1 aromatic carbocycles. The highest BCUT2D eigenvalue weighted by molar-refractivity contribution is 6.55. The predicted molar refractivity (Wildman–Crippen MR) is 112 cm³/mol. The van der Waals surface area contributed by atoms with E-state index in [0.29, 0.717) is 47.8 Å². The van der Waals surface area contributed by atoms with E-state index >= 15 is 0 Å². The van der Waals surface area contributed by atoms with Gasteiger partial charge in [-0.1, -0.05) is 51.6 Å². The highest BCUT2D eigenvalue weighted by Gasteiger charge is 2.11. The topological polar surface area (TPSA) is 49.3 Å². The first-order valence-corrected chi connectivity index (χ1v) is 9.74. The van der Waals surface area contributed by atoms with Crippen molar-refractivity contribution in [3.8, 4) is 11.5 Å². The lowest BCUT2D eigenvalue weighted by atomic mass is 10.2. The number of rotatable bonds is 11. The fourth-order valence-electron chi connectivity index (χ4n) is 1.65. The summed E-state index contributed by atoms with van der Waals surface area (Å²) in [4.78, 5) is 5.22. The molecule has 0 spiro atoms. The van der Waals surface area contributed by atoms with Gasteiger partial charge >= 0.3 is 0 Å². The van der Waals surface area contributed by atoms with Gasteiger partial charge in [-0.3, -0.25) is 0 Å². The molecule has 0 bridgehead atoms. The van der Waals surface area contributed by atoms with Crippen LogP contribution in [-0.4, -0.2) is 38.2 Å². The van der Waals surface area contributed by atoms with E-state index in [0.717, 1.165) is 0 Å². The van der Waals surface area contributed by atoms with Gasteiger partial charge in [0.15, 0.2) is 5.75 Å². The van der Waals surface area contributed by atoms with Crippen LogP contribution >= 0.6 is 46.4 Å². The summed E-state index contributed by atoms with van der Waals surface area (Å²) in [5.74, 6) is 0.858. The second-order valence-corrected chi connectivity index (χ2v) is 8.08. The summed E-state index contributed by atoms with van der Waals surface area (Å²) < 4.78 is 16.6. The van der Waals surface area contributed by atoms with Crippen LogP contribution in [0.5, 0.6) is 11.5 Å². The van der Waals surface area contributed by atoms with Gasteiger partial charge in [-0.2, -0.15) is 0 Å². The van der Waals surface area contributed by atoms with Crippen molar-refractivity contribution in [1.82, 2.24) is 0 Å². The van der Waals surface area contributed by atoms with Gasteiger partial charge in [0.1, 0.15) is 29.1 Å². The zero-order valence-corrected chi connectivity index (χ0v) is 18.5. The number of benzene rings is 1. The van der Waals surface area contributed by atoms with Gasteiger partial charge in [0, 0.05) is 24.8 Å². The van der Waals surface area contributed by atoms with Crippen LogP contribution in [0.15, 0.2) is 27.9 Å². The van der Waals surface area contributed by atoms with E-state index in [1.165, 1.54) is 6.08 Å². The first kappa shape index (κ1) is 24.2. The third-order valence-corrected chi connectivity index (χ3v) is 3.60. The van der Waals surface area contributed by atoms with Gasteiger partial charge < -0.3 is 19.0 Å². The number of ether oxygens (including phenoxy) is 3. The maximum Gasteiger partial charge on any atom is 0.156 e. The van der Waals surface area contributed by atoms with Crippen molar-refractivity contribution in [2.45, 2.75) is 32.8 Å². The van der Waals surface area contributed by atoms with E-state index in [1.54, 1.807) is 18.3 Å². The molecule has 0 saturated heterocycles. The molecule has 0 N–H and O–H groups in total. The molecule has 1 aromatic rings. The van der Waals surface area contributed by atoms with Crippen LogP contribution in [0, 0.1) is 0 Å². The standard InChI is InChI=1S/C18H23Cl4NO4/c1-18(2,3)27-23-6-4-7-24-9-10-26-17-14(19)11-13(12-15(17)20)25-8-5-16(21)22/h5-6,11-12H,4,7-10H2,1-3H3/b23-6+.